The number of hydrogen-bond donors (Lipinski definition) is 2. The van der Waals surface area contributed by atoms with Gasteiger partial charge in [0.15, 0.2) is 0 Å². The number of likely N-dealkylation sites (tertiary alicyclic amines) is 1. The lowest BCUT2D eigenvalue weighted by Crippen LogP contribution is -2.41. The number of hydrogen-bond acceptors (Lipinski definition) is 6. The minimum absolute atomic E-state index is 0.0829. The van der Waals surface area contributed by atoms with Gasteiger partial charge in [0.1, 0.15) is 18.2 Å². The quantitative estimate of drug-likeness (QED) is 0.782. The number of alkyl halides is 1. The van der Waals surface area contributed by atoms with Gasteiger partial charge in [0.25, 0.3) is 0 Å². The van der Waals surface area contributed by atoms with Gasteiger partial charge in [0.05, 0.1) is 23.6 Å². The summed E-state index contributed by atoms with van der Waals surface area (Å²) in [5.74, 6) is 1.09. The Hall–Kier alpha value is -2.97. The average molecular weight is 389 g/mol. The van der Waals surface area contributed by atoms with Crippen molar-refractivity contribution in [2.75, 3.05) is 25.1 Å². The molecule has 2 aromatic heterocycles. The van der Waals surface area contributed by atoms with Crippen LogP contribution < -0.4 is 10.1 Å². The summed E-state index contributed by atoms with van der Waals surface area (Å²) in [5.41, 5.74) is 3.01. The molecule has 0 unspecified atom stereocenters. The monoisotopic (exact) mass is 389 g/mol. The molecule has 2 aromatic rings. The van der Waals surface area contributed by atoms with Crippen molar-refractivity contribution in [1.82, 2.24) is 19.9 Å². The lowest BCUT2D eigenvalue weighted by molar-refractivity contribution is 0.0866. The van der Waals surface area contributed by atoms with Gasteiger partial charge in [0, 0.05) is 38.0 Å². The zero-order valence-electron chi connectivity index (χ0n) is 16.0. The number of anilines is 2. The zero-order valence-corrected chi connectivity index (χ0v) is 16.0. The Labute approximate surface area is 162 Å². The van der Waals surface area contributed by atoms with Crippen LogP contribution in [-0.2, 0) is 6.42 Å². The molecule has 0 radical (unpaired) electrons. The second kappa shape index (κ2) is 8.81. The Morgan fingerprint density at radius 2 is 2.07 bits per heavy atom. The average Bonchev–Trinajstić information content (AvgIpc) is 2.67. The first-order valence-corrected chi connectivity index (χ1v) is 9.23. The third-order valence-electron chi connectivity index (χ3n) is 4.78. The van der Waals surface area contributed by atoms with E-state index in [1.165, 1.54) is 11.2 Å². The third-order valence-corrected chi connectivity index (χ3v) is 4.78. The van der Waals surface area contributed by atoms with Crippen LogP contribution in [0.2, 0.25) is 0 Å². The van der Waals surface area contributed by atoms with E-state index in [2.05, 4.69) is 20.3 Å². The summed E-state index contributed by atoms with van der Waals surface area (Å²) in [6.45, 7) is 4.19. The molecule has 1 aliphatic heterocycles. The third kappa shape index (κ3) is 4.65. The maximum atomic E-state index is 12.5. The van der Waals surface area contributed by atoms with Crippen LogP contribution in [0, 0.1) is 13.8 Å². The molecule has 0 saturated carbocycles. The maximum Gasteiger partial charge on any atom is 0.407 e. The molecule has 1 amide bonds. The molecule has 0 spiro atoms. The fourth-order valence-electron chi connectivity index (χ4n) is 3.11. The highest BCUT2D eigenvalue weighted by Gasteiger charge is 2.24. The van der Waals surface area contributed by atoms with Crippen molar-refractivity contribution in [3.05, 3.63) is 35.4 Å². The highest BCUT2D eigenvalue weighted by molar-refractivity contribution is 5.65. The molecule has 1 aliphatic rings. The van der Waals surface area contributed by atoms with Crippen molar-refractivity contribution in [3.8, 4) is 5.88 Å². The molecule has 9 heteroatoms. The van der Waals surface area contributed by atoms with Crippen molar-refractivity contribution >= 4 is 17.6 Å². The molecule has 3 rings (SSSR count). The lowest BCUT2D eigenvalue weighted by Gasteiger charge is -2.30. The van der Waals surface area contributed by atoms with E-state index in [0.717, 1.165) is 16.9 Å². The second-order valence-corrected chi connectivity index (χ2v) is 6.74. The van der Waals surface area contributed by atoms with Crippen molar-refractivity contribution in [2.45, 2.75) is 39.2 Å². The number of amides is 1. The number of piperidine rings is 1. The molecule has 2 N–H and O–H groups in total. The molecule has 3 heterocycles. The van der Waals surface area contributed by atoms with Gasteiger partial charge >= 0.3 is 6.09 Å². The zero-order chi connectivity index (χ0) is 20.1. The molecular formula is C19H24FN5O3. The van der Waals surface area contributed by atoms with Gasteiger partial charge in [-0.15, -0.1) is 0 Å². The minimum Gasteiger partial charge on any atom is -0.474 e. The summed E-state index contributed by atoms with van der Waals surface area (Å²) in [5, 5.41) is 12.3. The van der Waals surface area contributed by atoms with Crippen LogP contribution in [0.25, 0.3) is 0 Å². The van der Waals surface area contributed by atoms with Gasteiger partial charge in [0.2, 0.25) is 5.88 Å². The van der Waals surface area contributed by atoms with Gasteiger partial charge in [-0.25, -0.2) is 14.8 Å². The van der Waals surface area contributed by atoms with E-state index in [-0.39, 0.29) is 6.10 Å². The number of aromatic nitrogens is 3. The number of aryl methyl sites for hydroxylation is 2. The number of halogens is 1. The van der Waals surface area contributed by atoms with Gasteiger partial charge in [-0.05, 0) is 26.0 Å². The summed E-state index contributed by atoms with van der Waals surface area (Å²) in [7, 11) is 0. The van der Waals surface area contributed by atoms with Crippen LogP contribution in [0.5, 0.6) is 5.88 Å². The van der Waals surface area contributed by atoms with Crippen LogP contribution in [-0.4, -0.2) is 56.9 Å². The van der Waals surface area contributed by atoms with E-state index in [0.29, 0.717) is 49.7 Å². The normalized spacial score (nSPS) is 14.8. The fourth-order valence-corrected chi connectivity index (χ4v) is 3.11. The molecular weight excluding hydrogens is 365 g/mol. The van der Waals surface area contributed by atoms with E-state index in [9.17, 15) is 9.18 Å². The number of pyridine rings is 1. The second-order valence-electron chi connectivity index (χ2n) is 6.74. The van der Waals surface area contributed by atoms with Crippen molar-refractivity contribution in [1.29, 1.82) is 0 Å². The van der Waals surface area contributed by atoms with Crippen molar-refractivity contribution in [2.24, 2.45) is 0 Å². The Balaban J connectivity index is 1.69. The predicted molar refractivity (Wildman–Crippen MR) is 102 cm³/mol. The fraction of sp³-hybridized carbons (Fsp3) is 0.474. The number of carboxylic acid groups (broad SMARTS) is 1. The van der Waals surface area contributed by atoms with E-state index in [1.54, 1.807) is 6.07 Å². The summed E-state index contributed by atoms with van der Waals surface area (Å²) in [6, 6.07) is 3.65. The standard InChI is InChI=1S/C19H24FN5O3/c1-12-17(24-16-4-3-14(5-8-20)23-13(16)2)21-11-22-18(12)28-15-6-9-25(10-7-15)19(26)27/h3-4,11,15H,5-10H2,1-2H3,(H,26,27)(H,21,22,24). The van der Waals surface area contributed by atoms with Crippen LogP contribution in [0.1, 0.15) is 29.8 Å². The van der Waals surface area contributed by atoms with Gasteiger partial charge in [-0.3, -0.25) is 9.37 Å². The van der Waals surface area contributed by atoms with E-state index in [4.69, 9.17) is 9.84 Å². The molecule has 0 bridgehead atoms. The largest absolute Gasteiger partial charge is 0.474 e. The SMILES string of the molecule is Cc1nc(CCF)ccc1Nc1ncnc(OC2CCN(C(=O)O)CC2)c1C. The topological polar surface area (TPSA) is 100 Å². The van der Waals surface area contributed by atoms with Gasteiger partial charge in [-0.1, -0.05) is 0 Å². The Morgan fingerprint density at radius 3 is 2.71 bits per heavy atom. The first kappa shape index (κ1) is 19.8. The van der Waals surface area contributed by atoms with Crippen LogP contribution in [0.15, 0.2) is 18.5 Å². The number of nitrogens with one attached hydrogen (secondary N) is 1. The Kier molecular flexibility index (Phi) is 6.23. The molecule has 1 saturated heterocycles. The first-order valence-electron chi connectivity index (χ1n) is 9.23. The molecule has 28 heavy (non-hydrogen) atoms. The molecule has 150 valence electrons. The van der Waals surface area contributed by atoms with Crippen LogP contribution in [0.4, 0.5) is 20.7 Å². The van der Waals surface area contributed by atoms with E-state index < -0.39 is 12.8 Å². The summed E-state index contributed by atoms with van der Waals surface area (Å²) in [6.07, 6.45) is 1.99. The molecule has 1 fully saturated rings. The number of nitrogens with zero attached hydrogens (tertiary/aromatic N) is 4. The molecule has 8 nitrogen and oxygen atoms in total. The molecule has 0 aromatic carbocycles. The van der Waals surface area contributed by atoms with E-state index >= 15 is 0 Å². The lowest BCUT2D eigenvalue weighted by atomic mass is 10.1. The van der Waals surface area contributed by atoms with Crippen molar-refractivity contribution in [3.63, 3.8) is 0 Å². The summed E-state index contributed by atoms with van der Waals surface area (Å²) < 4.78 is 18.5. The number of ether oxygens (including phenoxy) is 1. The molecule has 0 aliphatic carbocycles. The maximum absolute atomic E-state index is 12.5. The summed E-state index contributed by atoms with van der Waals surface area (Å²) >= 11 is 0. The van der Waals surface area contributed by atoms with Crippen molar-refractivity contribution < 1.29 is 19.0 Å². The van der Waals surface area contributed by atoms with Crippen LogP contribution in [0.3, 0.4) is 0 Å². The van der Waals surface area contributed by atoms with Gasteiger partial charge in [-0.2, -0.15) is 0 Å². The molecule has 0 atom stereocenters. The van der Waals surface area contributed by atoms with Gasteiger partial charge < -0.3 is 20.1 Å². The predicted octanol–water partition coefficient (Wildman–Crippen LogP) is 3.27. The number of rotatable bonds is 6. The minimum atomic E-state index is -0.898. The highest BCUT2D eigenvalue weighted by atomic mass is 19.1. The first-order chi connectivity index (χ1) is 13.5. The Bertz CT molecular complexity index is 840. The van der Waals surface area contributed by atoms with Crippen LogP contribution >= 0.6 is 0 Å². The summed E-state index contributed by atoms with van der Waals surface area (Å²) in [4.78, 5) is 25.3. The Morgan fingerprint density at radius 1 is 1.32 bits per heavy atom. The highest BCUT2D eigenvalue weighted by Crippen LogP contribution is 2.27. The number of carbonyl (C=O) groups is 1. The van der Waals surface area contributed by atoms with E-state index in [1.807, 2.05) is 19.9 Å². The smallest absolute Gasteiger partial charge is 0.407 e.